The molecule has 2 heterocycles. The van der Waals surface area contributed by atoms with Gasteiger partial charge in [-0.1, -0.05) is 18.2 Å². The minimum absolute atomic E-state index is 0.169. The summed E-state index contributed by atoms with van der Waals surface area (Å²) in [5.41, 5.74) is 4.44. The molecule has 3 aromatic rings. The van der Waals surface area contributed by atoms with Crippen molar-refractivity contribution >= 4 is 16.6 Å². The molecule has 1 aromatic heterocycles. The van der Waals surface area contributed by atoms with Gasteiger partial charge < -0.3 is 14.7 Å². The summed E-state index contributed by atoms with van der Waals surface area (Å²) < 4.78 is 5.95. The summed E-state index contributed by atoms with van der Waals surface area (Å²) in [5, 5.41) is 20.0. The predicted molar refractivity (Wildman–Crippen MR) is 109 cm³/mol. The van der Waals surface area contributed by atoms with Crippen LogP contribution in [0.1, 0.15) is 29.7 Å². The fourth-order valence-corrected chi connectivity index (χ4v) is 3.90. The van der Waals surface area contributed by atoms with Gasteiger partial charge in [0.1, 0.15) is 12.4 Å². The number of fused-ring (bicyclic) bond motifs is 1. The van der Waals surface area contributed by atoms with Crippen LogP contribution in [-0.2, 0) is 6.61 Å². The van der Waals surface area contributed by atoms with Gasteiger partial charge in [0.15, 0.2) is 0 Å². The molecule has 1 aliphatic heterocycles. The van der Waals surface area contributed by atoms with Gasteiger partial charge in [0.05, 0.1) is 29.8 Å². The Labute approximate surface area is 164 Å². The van der Waals surface area contributed by atoms with E-state index >= 15 is 0 Å². The zero-order valence-electron chi connectivity index (χ0n) is 15.9. The highest BCUT2D eigenvalue weighted by molar-refractivity contribution is 5.93. The average Bonchev–Trinajstić information content (AvgIpc) is 3.20. The van der Waals surface area contributed by atoms with Crippen LogP contribution in [-0.4, -0.2) is 29.3 Å². The van der Waals surface area contributed by atoms with Gasteiger partial charge in [-0.25, -0.2) is 0 Å². The number of nitriles is 1. The van der Waals surface area contributed by atoms with Crippen molar-refractivity contribution in [2.45, 2.75) is 32.4 Å². The zero-order chi connectivity index (χ0) is 19.5. The van der Waals surface area contributed by atoms with E-state index < -0.39 is 0 Å². The molecular weight excluding hydrogens is 350 g/mol. The number of nitrogens with zero attached hydrogens (tertiary/aromatic N) is 3. The van der Waals surface area contributed by atoms with E-state index in [0.717, 1.165) is 53.0 Å². The van der Waals surface area contributed by atoms with Crippen LogP contribution in [0.4, 0.5) is 5.69 Å². The Morgan fingerprint density at radius 1 is 1.25 bits per heavy atom. The van der Waals surface area contributed by atoms with E-state index in [0.29, 0.717) is 12.2 Å². The van der Waals surface area contributed by atoms with Crippen LogP contribution in [0.3, 0.4) is 0 Å². The third-order valence-electron chi connectivity index (χ3n) is 5.32. The number of aromatic nitrogens is 1. The normalized spacial score (nSPS) is 16.3. The fraction of sp³-hybridized carbons (Fsp3) is 0.304. The van der Waals surface area contributed by atoms with Crippen LogP contribution in [0.2, 0.25) is 0 Å². The number of hydrogen-bond acceptors (Lipinski definition) is 5. The SMILES string of the molecule is Cc1cc(N2CCCC2CO)c2ccc(OCc3ccccc3C#N)cc2n1. The Morgan fingerprint density at radius 3 is 2.93 bits per heavy atom. The molecule has 4 rings (SSSR count). The molecule has 0 radical (unpaired) electrons. The lowest BCUT2D eigenvalue weighted by molar-refractivity contribution is 0.266. The maximum Gasteiger partial charge on any atom is 0.122 e. The van der Waals surface area contributed by atoms with E-state index in [1.54, 1.807) is 6.07 Å². The van der Waals surface area contributed by atoms with Crippen LogP contribution >= 0.6 is 0 Å². The van der Waals surface area contributed by atoms with E-state index in [9.17, 15) is 10.4 Å². The van der Waals surface area contributed by atoms with E-state index in [2.05, 4.69) is 22.0 Å². The molecule has 0 spiro atoms. The molecule has 1 atom stereocenters. The molecule has 28 heavy (non-hydrogen) atoms. The summed E-state index contributed by atoms with van der Waals surface area (Å²) in [6.45, 7) is 3.45. The lowest BCUT2D eigenvalue weighted by Crippen LogP contribution is -2.32. The molecule has 2 aromatic carbocycles. The van der Waals surface area contributed by atoms with Crippen molar-refractivity contribution in [3.63, 3.8) is 0 Å². The molecule has 0 amide bonds. The standard InChI is InChI=1S/C23H23N3O2/c1-16-11-23(26-10-4-7-19(26)14-27)21-9-8-20(12-22(21)25-16)28-15-18-6-3-2-5-17(18)13-24/h2-3,5-6,8-9,11-12,19,27H,4,7,10,14-15H2,1H3. The van der Waals surface area contributed by atoms with Crippen molar-refractivity contribution in [1.82, 2.24) is 4.98 Å². The van der Waals surface area contributed by atoms with Crippen LogP contribution in [0.5, 0.6) is 5.75 Å². The number of benzene rings is 2. The van der Waals surface area contributed by atoms with Gasteiger partial charge in [-0.05, 0) is 44.0 Å². The number of ether oxygens (including phenoxy) is 1. The Kier molecular flexibility index (Phi) is 5.14. The predicted octanol–water partition coefficient (Wildman–Crippen LogP) is 3.96. The first-order valence-corrected chi connectivity index (χ1v) is 9.59. The minimum Gasteiger partial charge on any atom is -0.489 e. The summed E-state index contributed by atoms with van der Waals surface area (Å²) in [7, 11) is 0. The van der Waals surface area contributed by atoms with E-state index in [-0.39, 0.29) is 12.6 Å². The Bertz CT molecular complexity index is 1040. The second-order valence-electron chi connectivity index (χ2n) is 7.19. The number of rotatable bonds is 5. The molecule has 1 N–H and O–H groups in total. The lowest BCUT2D eigenvalue weighted by atomic mass is 10.1. The lowest BCUT2D eigenvalue weighted by Gasteiger charge is -2.27. The van der Waals surface area contributed by atoms with Crippen LogP contribution < -0.4 is 9.64 Å². The highest BCUT2D eigenvalue weighted by Gasteiger charge is 2.25. The summed E-state index contributed by atoms with van der Waals surface area (Å²) >= 11 is 0. The zero-order valence-corrected chi connectivity index (χ0v) is 15.9. The van der Waals surface area contributed by atoms with Crippen LogP contribution in [0.15, 0.2) is 48.5 Å². The number of hydrogen-bond donors (Lipinski definition) is 1. The first-order valence-electron chi connectivity index (χ1n) is 9.59. The summed E-state index contributed by atoms with van der Waals surface area (Å²) in [6, 6.07) is 17.9. The monoisotopic (exact) mass is 373 g/mol. The highest BCUT2D eigenvalue weighted by atomic mass is 16.5. The van der Waals surface area contributed by atoms with Crippen molar-refractivity contribution in [2.75, 3.05) is 18.1 Å². The molecule has 0 bridgehead atoms. The second kappa shape index (κ2) is 7.87. The van der Waals surface area contributed by atoms with E-state index in [1.807, 2.05) is 43.3 Å². The Balaban J connectivity index is 1.63. The number of aliphatic hydroxyl groups is 1. The average molecular weight is 373 g/mol. The van der Waals surface area contributed by atoms with E-state index in [1.165, 1.54) is 0 Å². The molecule has 1 unspecified atom stereocenters. The van der Waals surface area contributed by atoms with Gasteiger partial charge in [-0.3, -0.25) is 4.98 Å². The van der Waals surface area contributed by atoms with Crippen molar-refractivity contribution < 1.29 is 9.84 Å². The first kappa shape index (κ1) is 18.3. The van der Waals surface area contributed by atoms with Crippen molar-refractivity contribution in [3.8, 4) is 11.8 Å². The molecule has 1 aliphatic rings. The largest absolute Gasteiger partial charge is 0.489 e. The topological polar surface area (TPSA) is 69.4 Å². The Morgan fingerprint density at radius 2 is 2.11 bits per heavy atom. The minimum atomic E-state index is 0.169. The quantitative estimate of drug-likeness (QED) is 0.733. The van der Waals surface area contributed by atoms with Crippen molar-refractivity contribution in [3.05, 3.63) is 65.4 Å². The molecule has 1 saturated heterocycles. The highest BCUT2D eigenvalue weighted by Crippen LogP contribution is 2.34. The number of aryl methyl sites for hydroxylation is 1. The van der Waals surface area contributed by atoms with Crippen molar-refractivity contribution in [2.24, 2.45) is 0 Å². The van der Waals surface area contributed by atoms with Gasteiger partial charge in [-0.2, -0.15) is 5.26 Å². The molecule has 5 nitrogen and oxygen atoms in total. The third kappa shape index (κ3) is 3.51. The summed E-state index contributed by atoms with van der Waals surface area (Å²) in [6.07, 6.45) is 2.10. The number of pyridine rings is 1. The van der Waals surface area contributed by atoms with Gasteiger partial charge in [0.25, 0.3) is 0 Å². The Hall–Kier alpha value is -3.10. The summed E-state index contributed by atoms with van der Waals surface area (Å²) in [4.78, 5) is 6.98. The first-order chi connectivity index (χ1) is 13.7. The molecule has 0 saturated carbocycles. The summed E-state index contributed by atoms with van der Waals surface area (Å²) in [5.74, 6) is 0.726. The number of aliphatic hydroxyl groups excluding tert-OH is 1. The molecule has 1 fully saturated rings. The molecule has 0 aliphatic carbocycles. The van der Waals surface area contributed by atoms with Crippen molar-refractivity contribution in [1.29, 1.82) is 5.26 Å². The molecule has 5 heteroatoms. The van der Waals surface area contributed by atoms with Crippen LogP contribution in [0.25, 0.3) is 10.9 Å². The van der Waals surface area contributed by atoms with Gasteiger partial charge >= 0.3 is 0 Å². The van der Waals surface area contributed by atoms with Gasteiger partial charge in [0, 0.05) is 34.9 Å². The smallest absolute Gasteiger partial charge is 0.122 e. The van der Waals surface area contributed by atoms with E-state index in [4.69, 9.17) is 4.74 Å². The maximum absolute atomic E-state index is 9.70. The van der Waals surface area contributed by atoms with Gasteiger partial charge in [-0.15, -0.1) is 0 Å². The van der Waals surface area contributed by atoms with Gasteiger partial charge in [0.2, 0.25) is 0 Å². The second-order valence-corrected chi connectivity index (χ2v) is 7.19. The third-order valence-corrected chi connectivity index (χ3v) is 5.32. The number of anilines is 1. The van der Waals surface area contributed by atoms with Crippen LogP contribution in [0, 0.1) is 18.3 Å². The maximum atomic E-state index is 9.70. The molecule has 142 valence electrons. The fourth-order valence-electron chi connectivity index (χ4n) is 3.90. The molecular formula is C23H23N3O2.